The lowest BCUT2D eigenvalue weighted by Crippen LogP contribution is -2.20. The number of methoxy groups -OCH3 is 1. The number of benzene rings is 3. The molecule has 0 heterocycles. The molecule has 0 fully saturated rings. The monoisotopic (exact) mass is 334 g/mol. The van der Waals surface area contributed by atoms with E-state index in [4.69, 9.17) is 9.47 Å². The van der Waals surface area contributed by atoms with Gasteiger partial charge in [0.15, 0.2) is 0 Å². The highest BCUT2D eigenvalue weighted by Gasteiger charge is 2.07. The number of hydrogen-bond acceptors (Lipinski definition) is 3. The fourth-order valence-electron chi connectivity index (χ4n) is 2.69. The standard InChI is InChI=1S/C22H22O3/c1-24-13-12-17-6-8-18(9-7-17)14-21(23)16-25-22-11-10-19-4-2-3-5-20(19)15-22/h2-13,15,21,23H,14,16H2,1H3/b13-12+. The molecular formula is C22H22O3. The van der Waals surface area contributed by atoms with Crippen LogP contribution in [0.1, 0.15) is 11.1 Å². The van der Waals surface area contributed by atoms with Crippen LogP contribution >= 0.6 is 0 Å². The van der Waals surface area contributed by atoms with Crippen LogP contribution in [0.5, 0.6) is 5.75 Å². The summed E-state index contributed by atoms with van der Waals surface area (Å²) in [5, 5.41) is 12.5. The van der Waals surface area contributed by atoms with Crippen molar-refractivity contribution in [3.63, 3.8) is 0 Å². The van der Waals surface area contributed by atoms with Crippen LogP contribution in [0.4, 0.5) is 0 Å². The van der Waals surface area contributed by atoms with Crippen LogP contribution < -0.4 is 4.74 Å². The van der Waals surface area contributed by atoms with E-state index in [0.29, 0.717) is 6.42 Å². The zero-order valence-corrected chi connectivity index (χ0v) is 14.3. The maximum atomic E-state index is 10.2. The topological polar surface area (TPSA) is 38.7 Å². The smallest absolute Gasteiger partial charge is 0.120 e. The van der Waals surface area contributed by atoms with Gasteiger partial charge in [-0.15, -0.1) is 0 Å². The second-order valence-electron chi connectivity index (χ2n) is 5.96. The van der Waals surface area contributed by atoms with Gasteiger partial charge in [-0.3, -0.25) is 0 Å². The van der Waals surface area contributed by atoms with E-state index in [1.54, 1.807) is 13.4 Å². The quantitative estimate of drug-likeness (QED) is 0.649. The lowest BCUT2D eigenvalue weighted by Gasteiger charge is -2.13. The van der Waals surface area contributed by atoms with Crippen molar-refractivity contribution in [2.45, 2.75) is 12.5 Å². The molecule has 3 aromatic carbocycles. The van der Waals surface area contributed by atoms with Gasteiger partial charge in [-0.25, -0.2) is 0 Å². The highest BCUT2D eigenvalue weighted by molar-refractivity contribution is 5.83. The third kappa shape index (κ3) is 4.85. The van der Waals surface area contributed by atoms with Crippen LogP contribution in [0, 0.1) is 0 Å². The molecular weight excluding hydrogens is 312 g/mol. The van der Waals surface area contributed by atoms with Crippen LogP contribution in [-0.2, 0) is 11.2 Å². The van der Waals surface area contributed by atoms with Gasteiger partial charge in [0.1, 0.15) is 12.4 Å². The molecule has 0 spiro atoms. The molecule has 0 aliphatic heterocycles. The lowest BCUT2D eigenvalue weighted by atomic mass is 10.1. The highest BCUT2D eigenvalue weighted by atomic mass is 16.5. The zero-order chi connectivity index (χ0) is 17.5. The van der Waals surface area contributed by atoms with Crippen molar-refractivity contribution in [1.29, 1.82) is 0 Å². The van der Waals surface area contributed by atoms with E-state index in [0.717, 1.165) is 22.3 Å². The maximum Gasteiger partial charge on any atom is 0.120 e. The normalized spacial score (nSPS) is 12.4. The van der Waals surface area contributed by atoms with Gasteiger partial charge in [-0.05, 0) is 40.1 Å². The Labute approximate surface area is 148 Å². The molecule has 25 heavy (non-hydrogen) atoms. The Bertz CT molecular complexity index is 837. The van der Waals surface area contributed by atoms with Crippen molar-refractivity contribution in [1.82, 2.24) is 0 Å². The van der Waals surface area contributed by atoms with Gasteiger partial charge in [-0.1, -0.05) is 54.6 Å². The predicted molar refractivity (Wildman–Crippen MR) is 102 cm³/mol. The number of hydrogen-bond donors (Lipinski definition) is 1. The molecule has 0 bridgehead atoms. The van der Waals surface area contributed by atoms with E-state index >= 15 is 0 Å². The summed E-state index contributed by atoms with van der Waals surface area (Å²) in [6.07, 6.45) is 3.54. The number of ether oxygens (including phenoxy) is 2. The molecule has 0 aliphatic carbocycles. The van der Waals surface area contributed by atoms with Crippen molar-refractivity contribution in [3.05, 3.63) is 84.1 Å². The number of fused-ring (bicyclic) bond motifs is 1. The van der Waals surface area contributed by atoms with Gasteiger partial charge in [0, 0.05) is 6.42 Å². The van der Waals surface area contributed by atoms with E-state index in [-0.39, 0.29) is 6.61 Å². The molecule has 3 nitrogen and oxygen atoms in total. The third-order valence-corrected chi connectivity index (χ3v) is 4.01. The van der Waals surface area contributed by atoms with Crippen LogP contribution in [-0.4, -0.2) is 24.9 Å². The lowest BCUT2D eigenvalue weighted by molar-refractivity contribution is 0.108. The summed E-state index contributed by atoms with van der Waals surface area (Å²) < 4.78 is 10.7. The summed E-state index contributed by atoms with van der Waals surface area (Å²) in [5.41, 5.74) is 2.14. The Kier molecular flexibility index (Phi) is 5.70. The second-order valence-corrected chi connectivity index (χ2v) is 5.96. The minimum atomic E-state index is -0.549. The molecule has 3 rings (SSSR count). The average Bonchev–Trinajstić information content (AvgIpc) is 2.65. The summed E-state index contributed by atoms with van der Waals surface area (Å²) in [6.45, 7) is 0.268. The van der Waals surface area contributed by atoms with Crippen LogP contribution in [0.25, 0.3) is 16.8 Å². The molecule has 128 valence electrons. The SMILES string of the molecule is CO/C=C/c1ccc(CC(O)COc2ccc3ccccc3c2)cc1. The fourth-order valence-corrected chi connectivity index (χ4v) is 2.69. The molecule has 3 heteroatoms. The number of rotatable bonds is 7. The van der Waals surface area contributed by atoms with E-state index in [1.165, 1.54) is 5.39 Å². The Hall–Kier alpha value is -2.78. The Balaban J connectivity index is 1.54. The second kappa shape index (κ2) is 8.36. The van der Waals surface area contributed by atoms with Crippen molar-refractivity contribution in [2.75, 3.05) is 13.7 Å². The summed E-state index contributed by atoms with van der Waals surface area (Å²) in [5.74, 6) is 0.776. The summed E-state index contributed by atoms with van der Waals surface area (Å²) in [6, 6.07) is 22.1. The zero-order valence-electron chi connectivity index (χ0n) is 14.3. The Morgan fingerprint density at radius 1 is 0.960 bits per heavy atom. The maximum absolute atomic E-state index is 10.2. The van der Waals surface area contributed by atoms with E-state index in [9.17, 15) is 5.11 Å². The first kappa shape index (κ1) is 17.1. The Morgan fingerprint density at radius 3 is 2.48 bits per heavy atom. The van der Waals surface area contributed by atoms with Crippen molar-refractivity contribution in [3.8, 4) is 5.75 Å². The fraction of sp³-hybridized carbons (Fsp3) is 0.182. The van der Waals surface area contributed by atoms with E-state index in [1.807, 2.05) is 60.7 Å². The Morgan fingerprint density at radius 2 is 1.72 bits per heavy atom. The van der Waals surface area contributed by atoms with E-state index < -0.39 is 6.10 Å². The molecule has 0 radical (unpaired) electrons. The first-order valence-corrected chi connectivity index (χ1v) is 8.32. The summed E-state index contributed by atoms with van der Waals surface area (Å²) >= 11 is 0. The van der Waals surface area contributed by atoms with Gasteiger partial charge in [0.25, 0.3) is 0 Å². The first-order valence-electron chi connectivity index (χ1n) is 8.32. The number of aliphatic hydroxyl groups excluding tert-OH is 1. The van der Waals surface area contributed by atoms with Gasteiger partial charge in [0.2, 0.25) is 0 Å². The third-order valence-electron chi connectivity index (χ3n) is 4.01. The van der Waals surface area contributed by atoms with E-state index in [2.05, 4.69) is 12.1 Å². The van der Waals surface area contributed by atoms with Crippen LogP contribution in [0.3, 0.4) is 0 Å². The minimum absolute atomic E-state index is 0.268. The summed E-state index contributed by atoms with van der Waals surface area (Å²) in [7, 11) is 1.62. The molecule has 0 saturated heterocycles. The van der Waals surface area contributed by atoms with Crippen molar-refractivity contribution >= 4 is 16.8 Å². The molecule has 1 atom stereocenters. The molecule has 0 aromatic heterocycles. The van der Waals surface area contributed by atoms with Gasteiger partial charge in [0.05, 0.1) is 19.5 Å². The average molecular weight is 334 g/mol. The predicted octanol–water partition coefficient (Wildman–Crippen LogP) is 4.44. The van der Waals surface area contributed by atoms with Crippen molar-refractivity contribution < 1.29 is 14.6 Å². The van der Waals surface area contributed by atoms with Gasteiger partial charge >= 0.3 is 0 Å². The van der Waals surface area contributed by atoms with Crippen LogP contribution in [0.2, 0.25) is 0 Å². The summed E-state index contributed by atoms with van der Waals surface area (Å²) in [4.78, 5) is 0. The molecule has 1 N–H and O–H groups in total. The van der Waals surface area contributed by atoms with Gasteiger partial charge in [-0.2, -0.15) is 0 Å². The number of aliphatic hydroxyl groups is 1. The molecule has 3 aromatic rings. The van der Waals surface area contributed by atoms with Crippen molar-refractivity contribution in [2.24, 2.45) is 0 Å². The molecule has 0 aliphatic rings. The minimum Gasteiger partial charge on any atom is -0.504 e. The molecule has 0 amide bonds. The van der Waals surface area contributed by atoms with Gasteiger partial charge < -0.3 is 14.6 Å². The van der Waals surface area contributed by atoms with Crippen LogP contribution in [0.15, 0.2) is 73.0 Å². The molecule has 0 saturated carbocycles. The largest absolute Gasteiger partial charge is 0.504 e. The molecule has 1 unspecified atom stereocenters. The highest BCUT2D eigenvalue weighted by Crippen LogP contribution is 2.20. The first-order chi connectivity index (χ1) is 12.2.